The first kappa shape index (κ1) is 23.1. The van der Waals surface area contributed by atoms with E-state index in [1.54, 1.807) is 24.3 Å². The Morgan fingerprint density at radius 1 is 1.27 bits per heavy atom. The van der Waals surface area contributed by atoms with Crippen molar-refractivity contribution in [2.75, 3.05) is 12.4 Å². The van der Waals surface area contributed by atoms with E-state index in [4.69, 9.17) is 39.5 Å². The van der Waals surface area contributed by atoms with Gasteiger partial charge in [0.15, 0.2) is 0 Å². The molecule has 12 heteroatoms. The lowest BCUT2D eigenvalue weighted by molar-refractivity contribution is -0.153. The Labute approximate surface area is 189 Å². The van der Waals surface area contributed by atoms with E-state index in [1.807, 2.05) is 6.07 Å². The van der Waals surface area contributed by atoms with E-state index in [0.717, 1.165) is 22.2 Å². The zero-order chi connectivity index (χ0) is 22.1. The summed E-state index contributed by atoms with van der Waals surface area (Å²) in [4.78, 5) is 38.2. The van der Waals surface area contributed by atoms with Gasteiger partial charge in [0, 0.05) is 11.3 Å². The predicted octanol–water partition coefficient (Wildman–Crippen LogP) is 3.06. The molecule has 1 aromatic rings. The lowest BCUT2D eigenvalue weighted by atomic mass is 10.0. The highest BCUT2D eigenvalue weighted by molar-refractivity contribution is 8.00. The number of carbonyl (C=O) groups excluding carboxylic acids is 3. The number of hydrogen-bond donors (Lipinski definition) is 1. The number of halogens is 5. The molecule has 3 rings (SSSR count). The van der Waals surface area contributed by atoms with Crippen LogP contribution in [-0.2, 0) is 25.5 Å². The van der Waals surface area contributed by atoms with Crippen LogP contribution in [0.15, 0.2) is 41.6 Å². The minimum atomic E-state index is -2.98. The number of rotatable bonds is 6. The fourth-order valence-electron chi connectivity index (χ4n) is 3.02. The van der Waals surface area contributed by atoms with Crippen molar-refractivity contribution in [3.05, 3.63) is 47.2 Å². The summed E-state index contributed by atoms with van der Waals surface area (Å²) in [6.45, 7) is -0.673. The molecule has 30 heavy (non-hydrogen) atoms. The second kappa shape index (κ2) is 9.30. The molecule has 2 atom stereocenters. The summed E-state index contributed by atoms with van der Waals surface area (Å²) in [5, 5.41) is 1.88. The maximum Gasteiger partial charge on any atom is 0.355 e. The van der Waals surface area contributed by atoms with Crippen LogP contribution in [-0.4, -0.2) is 56.7 Å². The molecule has 0 saturated carbocycles. The molecule has 1 aromatic carbocycles. The van der Waals surface area contributed by atoms with Crippen molar-refractivity contribution in [3.63, 3.8) is 0 Å². The van der Waals surface area contributed by atoms with Gasteiger partial charge in [-0.15, -0.1) is 11.8 Å². The average Bonchev–Trinajstić information content (AvgIpc) is 2.69. The van der Waals surface area contributed by atoms with Gasteiger partial charge in [-0.3, -0.25) is 14.5 Å². The van der Waals surface area contributed by atoms with Crippen LogP contribution in [0.1, 0.15) is 5.56 Å². The van der Waals surface area contributed by atoms with Gasteiger partial charge in [-0.25, -0.2) is 13.6 Å². The van der Waals surface area contributed by atoms with Crippen molar-refractivity contribution in [2.24, 2.45) is 0 Å². The molecule has 2 aliphatic rings. The van der Waals surface area contributed by atoms with Crippen LogP contribution in [0.3, 0.4) is 0 Å². The molecule has 1 fully saturated rings. The van der Waals surface area contributed by atoms with Gasteiger partial charge < -0.3 is 10.1 Å². The first-order chi connectivity index (χ1) is 14.1. The maximum atomic E-state index is 13.4. The van der Waals surface area contributed by atoms with Gasteiger partial charge in [0.05, 0.1) is 6.42 Å². The van der Waals surface area contributed by atoms with Crippen LogP contribution in [0, 0.1) is 0 Å². The second-order valence-electron chi connectivity index (χ2n) is 6.48. The SMILES string of the molecule is O=C(Cc1ccccc1)NC1C(=O)N2C(C(=O)OCC(Cl)(Cl)Cl)=C(C(F)F)CS[C@@H]12. The number of alkyl halides is 5. The third kappa shape index (κ3) is 5.19. The number of carbonyl (C=O) groups is 3. The van der Waals surface area contributed by atoms with E-state index < -0.39 is 57.3 Å². The minimum Gasteiger partial charge on any atom is -0.456 e. The molecule has 0 bridgehead atoms. The quantitative estimate of drug-likeness (QED) is 0.370. The molecule has 0 spiro atoms. The van der Waals surface area contributed by atoms with E-state index in [0.29, 0.717) is 0 Å². The molecule has 1 unspecified atom stereocenters. The van der Waals surface area contributed by atoms with E-state index >= 15 is 0 Å². The molecule has 2 heterocycles. The summed E-state index contributed by atoms with van der Waals surface area (Å²) in [6.07, 6.45) is -2.92. The van der Waals surface area contributed by atoms with Crippen molar-refractivity contribution in [3.8, 4) is 0 Å². The first-order valence-corrected chi connectivity index (χ1v) is 10.8. The minimum absolute atomic E-state index is 0.0538. The lowest BCUT2D eigenvalue weighted by Gasteiger charge is -2.49. The summed E-state index contributed by atoms with van der Waals surface area (Å²) in [5.74, 6) is -2.49. The number of β-lactam (4-membered cyclic amide) rings is 1. The number of nitrogens with zero attached hydrogens (tertiary/aromatic N) is 1. The summed E-state index contributed by atoms with van der Waals surface area (Å²) in [7, 11) is 0. The van der Waals surface area contributed by atoms with Crippen molar-refractivity contribution < 1.29 is 27.9 Å². The summed E-state index contributed by atoms with van der Waals surface area (Å²) >= 11 is 17.6. The van der Waals surface area contributed by atoms with Gasteiger partial charge in [-0.1, -0.05) is 65.1 Å². The predicted molar refractivity (Wildman–Crippen MR) is 109 cm³/mol. The highest BCUT2D eigenvalue weighted by Gasteiger charge is 2.55. The molecule has 2 aliphatic heterocycles. The number of amides is 2. The molecule has 162 valence electrons. The highest BCUT2D eigenvalue weighted by Crippen LogP contribution is 2.42. The molecule has 6 nitrogen and oxygen atoms in total. The topological polar surface area (TPSA) is 75.7 Å². The van der Waals surface area contributed by atoms with Crippen LogP contribution < -0.4 is 5.32 Å². The van der Waals surface area contributed by atoms with Crippen LogP contribution >= 0.6 is 46.6 Å². The Morgan fingerprint density at radius 2 is 1.93 bits per heavy atom. The Kier molecular flexibility index (Phi) is 7.16. The lowest BCUT2D eigenvalue weighted by Crippen LogP contribution is -2.70. The van der Waals surface area contributed by atoms with Crippen molar-refractivity contribution >= 4 is 64.3 Å². The molecule has 0 aliphatic carbocycles. The third-order valence-electron chi connectivity index (χ3n) is 4.35. The Hall–Kier alpha value is -1.55. The normalized spacial score (nSPS) is 21.3. The highest BCUT2D eigenvalue weighted by atomic mass is 35.6. The summed E-state index contributed by atoms with van der Waals surface area (Å²) in [5.41, 5.74) is -0.361. The molecule has 0 aromatic heterocycles. The second-order valence-corrected chi connectivity index (χ2v) is 10.1. The third-order valence-corrected chi connectivity index (χ3v) is 5.97. The van der Waals surface area contributed by atoms with Gasteiger partial charge in [0.1, 0.15) is 23.7 Å². The number of fused-ring (bicyclic) bond motifs is 1. The van der Waals surface area contributed by atoms with E-state index in [2.05, 4.69) is 5.32 Å². The van der Waals surface area contributed by atoms with E-state index in [9.17, 15) is 23.2 Å². The standard InChI is InChI=1S/C18H15Cl3F2N2O4S/c19-18(20,21)8-29-17(28)13-10(14(22)23)7-30-16-12(15(27)25(13)16)24-11(26)6-9-4-2-1-3-5-9/h1-5,12,14,16H,6-8H2,(H,24,26)/t12?,16-/m0/s1. The number of ether oxygens (including phenoxy) is 1. The summed E-state index contributed by atoms with van der Waals surface area (Å²) < 4.78 is 29.8. The van der Waals surface area contributed by atoms with Crippen molar-refractivity contribution in [2.45, 2.75) is 28.1 Å². The largest absolute Gasteiger partial charge is 0.456 e. The van der Waals surface area contributed by atoms with Crippen molar-refractivity contribution in [1.29, 1.82) is 0 Å². The molecule has 1 saturated heterocycles. The Balaban J connectivity index is 1.72. The fraction of sp³-hybridized carbons (Fsp3) is 0.389. The molecule has 2 amide bonds. The van der Waals surface area contributed by atoms with Gasteiger partial charge in [-0.2, -0.15) is 0 Å². The average molecular weight is 500 g/mol. The fourth-order valence-corrected chi connectivity index (χ4v) is 4.53. The van der Waals surface area contributed by atoms with E-state index in [-0.39, 0.29) is 12.2 Å². The zero-order valence-corrected chi connectivity index (χ0v) is 18.2. The van der Waals surface area contributed by atoms with Gasteiger partial charge in [0.25, 0.3) is 12.3 Å². The van der Waals surface area contributed by atoms with Crippen LogP contribution in [0.25, 0.3) is 0 Å². The summed E-state index contributed by atoms with van der Waals surface area (Å²) in [6, 6.07) is 7.95. The Morgan fingerprint density at radius 3 is 2.53 bits per heavy atom. The number of hydrogen-bond acceptors (Lipinski definition) is 5. The van der Waals surface area contributed by atoms with E-state index in [1.165, 1.54) is 0 Å². The Bertz CT molecular complexity index is 880. The molecule has 0 radical (unpaired) electrons. The number of nitrogens with one attached hydrogen (secondary N) is 1. The first-order valence-electron chi connectivity index (χ1n) is 8.61. The molecular formula is C18H15Cl3F2N2O4S. The van der Waals surface area contributed by atoms with Crippen LogP contribution in [0.5, 0.6) is 0 Å². The zero-order valence-electron chi connectivity index (χ0n) is 15.1. The van der Waals surface area contributed by atoms with Crippen molar-refractivity contribution in [1.82, 2.24) is 10.2 Å². The maximum absolute atomic E-state index is 13.4. The number of benzene rings is 1. The number of thioether (sulfide) groups is 1. The van der Waals surface area contributed by atoms with Crippen LogP contribution in [0.4, 0.5) is 8.78 Å². The van der Waals surface area contributed by atoms with Gasteiger partial charge >= 0.3 is 5.97 Å². The molecular weight excluding hydrogens is 485 g/mol. The van der Waals surface area contributed by atoms with Gasteiger partial charge in [-0.05, 0) is 5.56 Å². The monoisotopic (exact) mass is 498 g/mol. The smallest absolute Gasteiger partial charge is 0.355 e. The van der Waals surface area contributed by atoms with Gasteiger partial charge in [0.2, 0.25) is 9.70 Å². The molecule has 1 N–H and O–H groups in total. The number of esters is 1. The van der Waals surface area contributed by atoms with Crippen LogP contribution in [0.2, 0.25) is 0 Å².